The van der Waals surface area contributed by atoms with Crippen LogP contribution in [0.2, 0.25) is 0 Å². The first-order chi connectivity index (χ1) is 11.0. The molecule has 0 N–H and O–H groups in total. The van der Waals surface area contributed by atoms with Crippen LogP contribution in [0.5, 0.6) is 5.75 Å². The van der Waals surface area contributed by atoms with E-state index in [4.69, 9.17) is 4.74 Å². The summed E-state index contributed by atoms with van der Waals surface area (Å²) in [5.41, 5.74) is 3.34. The molecule has 0 aromatic heterocycles. The lowest BCUT2D eigenvalue weighted by molar-refractivity contribution is -0.929. The van der Waals surface area contributed by atoms with Gasteiger partial charge in [0.25, 0.3) is 5.91 Å². The molecule has 1 amide bonds. The van der Waals surface area contributed by atoms with Crippen LogP contribution in [0.4, 0.5) is 5.69 Å². The maximum Gasteiger partial charge on any atom is 0.285 e. The Bertz CT molecular complexity index is 582. The van der Waals surface area contributed by atoms with Crippen molar-refractivity contribution in [3.05, 3.63) is 23.3 Å². The van der Waals surface area contributed by atoms with Crippen molar-refractivity contribution >= 4 is 11.6 Å². The lowest BCUT2D eigenvalue weighted by Crippen LogP contribution is -2.56. The molecule has 1 unspecified atom stereocenters. The van der Waals surface area contributed by atoms with E-state index in [0.29, 0.717) is 5.91 Å². The Morgan fingerprint density at radius 1 is 1.22 bits per heavy atom. The van der Waals surface area contributed by atoms with Gasteiger partial charge in [-0.2, -0.15) is 0 Å². The molecular formula is C19H29N2O2+. The highest BCUT2D eigenvalue weighted by molar-refractivity contribution is 6.00. The van der Waals surface area contributed by atoms with Gasteiger partial charge in [-0.25, -0.2) is 0 Å². The number of ether oxygens (including phenoxy) is 1. The summed E-state index contributed by atoms with van der Waals surface area (Å²) < 4.78 is 6.35. The largest absolute Gasteiger partial charge is 0.497 e. The third-order valence-electron chi connectivity index (χ3n) is 5.90. The molecule has 0 saturated carbocycles. The third kappa shape index (κ3) is 2.63. The van der Waals surface area contributed by atoms with E-state index in [1.54, 1.807) is 7.11 Å². The van der Waals surface area contributed by atoms with Gasteiger partial charge in [-0.3, -0.25) is 4.79 Å². The van der Waals surface area contributed by atoms with Gasteiger partial charge in [0, 0.05) is 31.5 Å². The van der Waals surface area contributed by atoms with E-state index in [2.05, 4.69) is 20.8 Å². The number of carbonyl (C=O) groups is 1. The second kappa shape index (κ2) is 6.16. The molecule has 126 valence electrons. The third-order valence-corrected chi connectivity index (χ3v) is 5.90. The Morgan fingerprint density at radius 2 is 1.83 bits per heavy atom. The van der Waals surface area contributed by atoms with Gasteiger partial charge < -0.3 is 14.1 Å². The molecule has 4 nitrogen and oxygen atoms in total. The monoisotopic (exact) mass is 317 g/mol. The first-order valence-electron chi connectivity index (χ1n) is 8.85. The predicted octanol–water partition coefficient (Wildman–Crippen LogP) is 3.05. The molecule has 23 heavy (non-hydrogen) atoms. The number of methoxy groups -OCH3 is 1. The lowest BCUT2D eigenvalue weighted by Gasteiger charge is -2.38. The second-order valence-electron chi connectivity index (χ2n) is 7.09. The van der Waals surface area contributed by atoms with Crippen molar-refractivity contribution in [2.75, 3.05) is 38.2 Å². The van der Waals surface area contributed by atoms with E-state index in [1.807, 2.05) is 17.0 Å². The van der Waals surface area contributed by atoms with Gasteiger partial charge in [-0.15, -0.1) is 0 Å². The number of benzene rings is 1. The van der Waals surface area contributed by atoms with Crippen molar-refractivity contribution in [2.24, 2.45) is 0 Å². The van der Waals surface area contributed by atoms with Gasteiger partial charge in [0.2, 0.25) is 0 Å². The van der Waals surface area contributed by atoms with Gasteiger partial charge in [-0.05, 0) is 44.0 Å². The average molecular weight is 317 g/mol. The minimum Gasteiger partial charge on any atom is -0.497 e. The zero-order valence-corrected chi connectivity index (χ0v) is 14.9. The van der Waals surface area contributed by atoms with Crippen LogP contribution in [0, 0.1) is 13.8 Å². The number of hydrogen-bond donors (Lipinski definition) is 0. The fraction of sp³-hybridized carbons (Fsp3) is 0.632. The maximum atomic E-state index is 13.2. The Kier molecular flexibility index (Phi) is 4.37. The fourth-order valence-electron chi connectivity index (χ4n) is 4.67. The molecule has 2 aliphatic rings. The van der Waals surface area contributed by atoms with Crippen LogP contribution in [0.25, 0.3) is 0 Å². The number of carbonyl (C=O) groups excluding carboxylic acids is 1. The molecule has 3 rings (SSSR count). The summed E-state index contributed by atoms with van der Waals surface area (Å²) in [7, 11) is 1.69. The summed E-state index contributed by atoms with van der Waals surface area (Å²) in [5, 5.41) is 0. The Labute approximate surface area is 139 Å². The summed E-state index contributed by atoms with van der Waals surface area (Å²) in [5.74, 6) is 1.19. The van der Waals surface area contributed by atoms with Crippen molar-refractivity contribution in [3.63, 3.8) is 0 Å². The minimum absolute atomic E-state index is 0.156. The fourth-order valence-corrected chi connectivity index (χ4v) is 4.67. The first kappa shape index (κ1) is 16.3. The van der Waals surface area contributed by atoms with Crippen molar-refractivity contribution in [1.29, 1.82) is 0 Å². The molecule has 2 heterocycles. The van der Waals surface area contributed by atoms with Gasteiger partial charge in [0.15, 0.2) is 6.04 Å². The molecule has 2 saturated heterocycles. The van der Waals surface area contributed by atoms with E-state index in [0.717, 1.165) is 46.6 Å². The zero-order chi connectivity index (χ0) is 16.6. The Hall–Kier alpha value is -1.55. The molecule has 2 aliphatic heterocycles. The second-order valence-corrected chi connectivity index (χ2v) is 7.09. The van der Waals surface area contributed by atoms with Crippen LogP contribution in [0.3, 0.4) is 0 Å². The highest BCUT2D eigenvalue weighted by atomic mass is 16.5. The van der Waals surface area contributed by atoms with Crippen LogP contribution >= 0.6 is 0 Å². The summed E-state index contributed by atoms with van der Waals surface area (Å²) in [4.78, 5) is 15.2. The molecule has 0 radical (unpaired) electrons. The highest BCUT2D eigenvalue weighted by Gasteiger charge is 2.48. The quantitative estimate of drug-likeness (QED) is 0.799. The molecule has 1 aromatic carbocycles. The van der Waals surface area contributed by atoms with E-state index >= 15 is 0 Å². The molecule has 4 heteroatoms. The van der Waals surface area contributed by atoms with E-state index in [-0.39, 0.29) is 6.04 Å². The maximum absolute atomic E-state index is 13.2. The number of likely N-dealkylation sites (N-methyl/N-ethyl adjacent to an activating group) is 1. The van der Waals surface area contributed by atoms with Crippen LogP contribution in [0.1, 0.15) is 37.3 Å². The predicted molar refractivity (Wildman–Crippen MR) is 93.0 cm³/mol. The number of likely N-dealkylation sites (tertiary alicyclic amines) is 1. The number of nitrogens with zero attached hydrogens (tertiary/aromatic N) is 2. The highest BCUT2D eigenvalue weighted by Crippen LogP contribution is 2.36. The molecule has 0 spiro atoms. The average Bonchev–Trinajstić information content (AvgIpc) is 3.15. The van der Waals surface area contributed by atoms with Crippen LogP contribution in [-0.2, 0) is 4.79 Å². The van der Waals surface area contributed by atoms with Crippen molar-refractivity contribution < 1.29 is 14.0 Å². The van der Waals surface area contributed by atoms with Gasteiger partial charge in [0.1, 0.15) is 5.75 Å². The number of rotatable bonds is 4. The van der Waals surface area contributed by atoms with E-state index < -0.39 is 0 Å². The SMILES string of the molecule is CC[N+]1(C2CCN(c3c(C)cc(OC)cc3C)C2=O)CCCC1. The normalized spacial score (nSPS) is 23.6. The van der Waals surface area contributed by atoms with Crippen molar-refractivity contribution in [1.82, 2.24) is 0 Å². The summed E-state index contributed by atoms with van der Waals surface area (Å²) in [6, 6.07) is 4.22. The smallest absolute Gasteiger partial charge is 0.285 e. The number of anilines is 1. The van der Waals surface area contributed by atoms with Crippen molar-refractivity contribution in [2.45, 2.75) is 46.1 Å². The van der Waals surface area contributed by atoms with Crippen LogP contribution in [0.15, 0.2) is 12.1 Å². The topological polar surface area (TPSA) is 29.5 Å². The molecular weight excluding hydrogens is 288 g/mol. The summed E-state index contributed by atoms with van der Waals surface area (Å²) in [6.07, 6.45) is 3.51. The Balaban J connectivity index is 1.90. The molecule has 1 atom stereocenters. The van der Waals surface area contributed by atoms with Crippen LogP contribution < -0.4 is 9.64 Å². The number of amides is 1. The summed E-state index contributed by atoms with van der Waals surface area (Å²) >= 11 is 0. The number of hydrogen-bond acceptors (Lipinski definition) is 2. The summed E-state index contributed by atoms with van der Waals surface area (Å²) in [6.45, 7) is 10.6. The van der Waals surface area contributed by atoms with Gasteiger partial charge in [0.05, 0.1) is 26.7 Å². The van der Waals surface area contributed by atoms with Crippen LogP contribution in [-0.4, -0.2) is 49.7 Å². The molecule has 1 aromatic rings. The minimum atomic E-state index is 0.156. The molecule has 0 aliphatic carbocycles. The standard InChI is InChI=1S/C19H29N2O2/c1-5-21(10-6-7-11-21)17-8-9-20(19(17)22)18-14(2)12-16(23-4)13-15(18)3/h12-13,17H,5-11H2,1-4H3/q+1. The number of aryl methyl sites for hydroxylation is 2. The van der Waals surface area contributed by atoms with E-state index in [1.165, 1.54) is 25.9 Å². The van der Waals surface area contributed by atoms with E-state index in [9.17, 15) is 4.79 Å². The van der Waals surface area contributed by atoms with Gasteiger partial charge >= 0.3 is 0 Å². The van der Waals surface area contributed by atoms with Gasteiger partial charge in [-0.1, -0.05) is 0 Å². The Morgan fingerprint density at radius 3 is 2.35 bits per heavy atom. The lowest BCUT2D eigenvalue weighted by atomic mass is 10.1. The number of quaternary nitrogens is 1. The first-order valence-corrected chi connectivity index (χ1v) is 8.85. The molecule has 0 bridgehead atoms. The zero-order valence-electron chi connectivity index (χ0n) is 14.9. The molecule has 2 fully saturated rings. The van der Waals surface area contributed by atoms with Crippen molar-refractivity contribution in [3.8, 4) is 5.75 Å².